The standard InChI is InChI=1S/C12H11BrFN3O/c13-7-1-2-8(14)12-10(7)11(17-15)6-5-18-4-3-9(6)16-12/h1-2H,3-5,15H2,(H,16,17). The van der Waals surface area contributed by atoms with Crippen LogP contribution in [0.2, 0.25) is 0 Å². The van der Waals surface area contributed by atoms with Crippen LogP contribution in [0.25, 0.3) is 10.9 Å². The fourth-order valence-corrected chi connectivity index (χ4v) is 2.77. The number of benzene rings is 1. The Morgan fingerprint density at radius 2 is 2.28 bits per heavy atom. The van der Waals surface area contributed by atoms with E-state index in [1.165, 1.54) is 6.07 Å². The first-order valence-electron chi connectivity index (χ1n) is 5.56. The Morgan fingerprint density at radius 1 is 1.44 bits per heavy atom. The molecule has 0 bridgehead atoms. The highest BCUT2D eigenvalue weighted by Crippen LogP contribution is 2.36. The van der Waals surface area contributed by atoms with Crippen molar-refractivity contribution in [3.63, 3.8) is 0 Å². The zero-order valence-corrected chi connectivity index (χ0v) is 11.1. The van der Waals surface area contributed by atoms with Gasteiger partial charge in [-0.15, -0.1) is 0 Å². The number of hydrogen-bond donors (Lipinski definition) is 2. The third-order valence-electron chi connectivity index (χ3n) is 3.10. The number of anilines is 1. The number of fused-ring (bicyclic) bond motifs is 2. The summed E-state index contributed by atoms with van der Waals surface area (Å²) in [5.41, 5.74) is 5.41. The number of hydrogen-bond acceptors (Lipinski definition) is 4. The number of halogens is 2. The van der Waals surface area contributed by atoms with Crippen LogP contribution in [0.1, 0.15) is 11.3 Å². The number of nitrogen functional groups attached to an aromatic ring is 1. The summed E-state index contributed by atoms with van der Waals surface area (Å²) in [6.45, 7) is 1.05. The number of ether oxygens (including phenoxy) is 1. The number of hydrazine groups is 1. The molecule has 2 heterocycles. The molecule has 2 aromatic rings. The van der Waals surface area contributed by atoms with Crippen LogP contribution in [0.4, 0.5) is 10.1 Å². The zero-order valence-electron chi connectivity index (χ0n) is 9.46. The van der Waals surface area contributed by atoms with Gasteiger partial charge in [-0.3, -0.25) is 5.84 Å². The lowest BCUT2D eigenvalue weighted by atomic mass is 10.0. The maximum absolute atomic E-state index is 13.9. The van der Waals surface area contributed by atoms with Crippen molar-refractivity contribution in [2.75, 3.05) is 12.0 Å². The fraction of sp³-hybridized carbons (Fsp3) is 0.250. The van der Waals surface area contributed by atoms with E-state index in [1.54, 1.807) is 6.07 Å². The van der Waals surface area contributed by atoms with E-state index < -0.39 is 0 Å². The Bertz CT molecular complexity index is 632. The topological polar surface area (TPSA) is 60.2 Å². The SMILES string of the molecule is NNc1c2c(nc3c(F)ccc(Br)c13)CCOC2. The van der Waals surface area contributed by atoms with Crippen LogP contribution < -0.4 is 11.3 Å². The van der Waals surface area contributed by atoms with E-state index in [0.29, 0.717) is 36.2 Å². The molecule has 0 saturated heterocycles. The second kappa shape index (κ2) is 4.46. The molecule has 18 heavy (non-hydrogen) atoms. The minimum Gasteiger partial charge on any atom is -0.376 e. The van der Waals surface area contributed by atoms with E-state index in [1.807, 2.05) is 0 Å². The molecule has 1 aliphatic rings. The summed E-state index contributed by atoms with van der Waals surface area (Å²) in [5.74, 6) is 5.23. The van der Waals surface area contributed by atoms with Crippen LogP contribution in [0, 0.1) is 5.82 Å². The van der Waals surface area contributed by atoms with Gasteiger partial charge in [-0.25, -0.2) is 9.37 Å². The highest BCUT2D eigenvalue weighted by molar-refractivity contribution is 9.10. The monoisotopic (exact) mass is 311 g/mol. The maximum atomic E-state index is 13.9. The van der Waals surface area contributed by atoms with E-state index in [-0.39, 0.29) is 5.82 Å². The molecule has 1 aromatic carbocycles. The normalized spacial score (nSPS) is 14.6. The molecule has 0 radical (unpaired) electrons. The van der Waals surface area contributed by atoms with Gasteiger partial charge >= 0.3 is 0 Å². The summed E-state index contributed by atoms with van der Waals surface area (Å²) in [4.78, 5) is 4.40. The van der Waals surface area contributed by atoms with Crippen molar-refractivity contribution < 1.29 is 9.13 Å². The molecular weight excluding hydrogens is 301 g/mol. The summed E-state index contributed by atoms with van der Waals surface area (Å²) in [6, 6.07) is 3.04. The second-order valence-electron chi connectivity index (χ2n) is 4.11. The maximum Gasteiger partial charge on any atom is 0.149 e. The van der Waals surface area contributed by atoms with Gasteiger partial charge < -0.3 is 10.2 Å². The van der Waals surface area contributed by atoms with Gasteiger partial charge in [0.05, 0.1) is 24.6 Å². The third kappa shape index (κ3) is 1.68. The average molecular weight is 312 g/mol. The van der Waals surface area contributed by atoms with Gasteiger partial charge in [0, 0.05) is 21.8 Å². The van der Waals surface area contributed by atoms with Crippen LogP contribution >= 0.6 is 15.9 Å². The van der Waals surface area contributed by atoms with Gasteiger partial charge in [0.1, 0.15) is 11.3 Å². The lowest BCUT2D eigenvalue weighted by molar-refractivity contribution is 0.110. The van der Waals surface area contributed by atoms with Gasteiger partial charge in [-0.1, -0.05) is 15.9 Å². The molecule has 3 rings (SSSR count). The molecule has 4 nitrogen and oxygen atoms in total. The molecule has 0 unspecified atom stereocenters. The minimum absolute atomic E-state index is 0.331. The predicted octanol–water partition coefficient (Wildman–Crippen LogP) is 2.49. The quantitative estimate of drug-likeness (QED) is 0.627. The summed E-state index contributed by atoms with van der Waals surface area (Å²) >= 11 is 3.41. The molecule has 6 heteroatoms. The van der Waals surface area contributed by atoms with Crippen LogP contribution in [-0.4, -0.2) is 11.6 Å². The van der Waals surface area contributed by atoms with Crippen molar-refractivity contribution in [1.29, 1.82) is 0 Å². The number of nitrogens with two attached hydrogens (primary N) is 1. The van der Waals surface area contributed by atoms with Crippen LogP contribution in [-0.2, 0) is 17.8 Å². The number of aromatic nitrogens is 1. The molecule has 3 N–H and O–H groups in total. The molecule has 1 aliphatic heterocycles. The minimum atomic E-state index is -0.348. The van der Waals surface area contributed by atoms with Crippen molar-refractivity contribution in [3.05, 3.63) is 33.7 Å². The van der Waals surface area contributed by atoms with Crippen molar-refractivity contribution in [3.8, 4) is 0 Å². The number of nitrogens with zero attached hydrogens (tertiary/aromatic N) is 1. The molecule has 0 saturated carbocycles. The Balaban J connectivity index is 2.44. The predicted molar refractivity (Wildman–Crippen MR) is 70.6 cm³/mol. The largest absolute Gasteiger partial charge is 0.376 e. The summed E-state index contributed by atoms with van der Waals surface area (Å²) in [7, 11) is 0. The van der Waals surface area contributed by atoms with E-state index >= 15 is 0 Å². The highest BCUT2D eigenvalue weighted by Gasteiger charge is 2.21. The molecule has 0 fully saturated rings. The molecular formula is C12H11BrFN3O. The van der Waals surface area contributed by atoms with Crippen molar-refractivity contribution >= 4 is 32.5 Å². The Hall–Kier alpha value is -1.24. The van der Waals surface area contributed by atoms with E-state index in [9.17, 15) is 4.39 Å². The number of pyridine rings is 1. The van der Waals surface area contributed by atoms with Crippen LogP contribution in [0.5, 0.6) is 0 Å². The molecule has 0 spiro atoms. The first-order chi connectivity index (χ1) is 8.72. The van der Waals surface area contributed by atoms with Gasteiger partial charge in [0.25, 0.3) is 0 Å². The molecule has 94 valence electrons. The summed E-state index contributed by atoms with van der Waals surface area (Å²) in [5, 5.41) is 0.654. The Kier molecular flexibility index (Phi) is 2.93. The van der Waals surface area contributed by atoms with Crippen molar-refractivity contribution in [2.45, 2.75) is 13.0 Å². The molecule has 0 aliphatic carbocycles. The summed E-state index contributed by atoms with van der Waals surface area (Å²) < 4.78 is 20.0. The van der Waals surface area contributed by atoms with E-state index in [2.05, 4.69) is 26.3 Å². The third-order valence-corrected chi connectivity index (χ3v) is 3.76. The van der Waals surface area contributed by atoms with Crippen LogP contribution in [0.15, 0.2) is 16.6 Å². The molecule has 0 atom stereocenters. The highest BCUT2D eigenvalue weighted by atomic mass is 79.9. The van der Waals surface area contributed by atoms with Gasteiger partial charge in [0.2, 0.25) is 0 Å². The molecule has 0 amide bonds. The smallest absolute Gasteiger partial charge is 0.149 e. The van der Waals surface area contributed by atoms with Crippen molar-refractivity contribution in [1.82, 2.24) is 4.98 Å². The van der Waals surface area contributed by atoms with E-state index in [0.717, 1.165) is 15.7 Å². The number of rotatable bonds is 1. The Morgan fingerprint density at radius 3 is 3.06 bits per heavy atom. The van der Waals surface area contributed by atoms with Gasteiger partial charge in [-0.05, 0) is 12.1 Å². The first-order valence-corrected chi connectivity index (χ1v) is 6.35. The first kappa shape index (κ1) is 11.8. The van der Waals surface area contributed by atoms with Gasteiger partial charge in [-0.2, -0.15) is 0 Å². The second-order valence-corrected chi connectivity index (χ2v) is 4.97. The zero-order chi connectivity index (χ0) is 12.7. The average Bonchev–Trinajstić information content (AvgIpc) is 2.41. The van der Waals surface area contributed by atoms with Crippen LogP contribution in [0.3, 0.4) is 0 Å². The number of nitrogens with one attached hydrogen (secondary N) is 1. The lowest BCUT2D eigenvalue weighted by Gasteiger charge is -2.21. The fourth-order valence-electron chi connectivity index (χ4n) is 2.25. The molecule has 1 aromatic heterocycles. The van der Waals surface area contributed by atoms with Gasteiger partial charge in [0.15, 0.2) is 0 Å². The Labute approximate surface area is 111 Å². The lowest BCUT2D eigenvalue weighted by Crippen LogP contribution is -2.18. The van der Waals surface area contributed by atoms with Crippen molar-refractivity contribution in [2.24, 2.45) is 5.84 Å². The van der Waals surface area contributed by atoms with E-state index in [4.69, 9.17) is 10.6 Å². The summed E-state index contributed by atoms with van der Waals surface area (Å²) in [6.07, 6.45) is 0.673.